The van der Waals surface area contributed by atoms with Crippen LogP contribution in [0, 0.1) is 11.8 Å². The number of hydrogen-bond donors (Lipinski definition) is 7. The zero-order valence-corrected chi connectivity index (χ0v) is 29.7. The number of carbonyl (C=O) groups excluding carboxylic acids is 4. The van der Waals surface area contributed by atoms with Crippen molar-refractivity contribution in [2.45, 2.75) is 37.1 Å². The number of nitrogens with two attached hydrogens (primary N) is 1. The molecule has 0 aromatic heterocycles. The molecule has 0 fully saturated rings. The van der Waals surface area contributed by atoms with Gasteiger partial charge in [-0.25, -0.2) is 0 Å². The van der Waals surface area contributed by atoms with Gasteiger partial charge in [0, 0.05) is 32.1 Å². The van der Waals surface area contributed by atoms with Gasteiger partial charge in [0.25, 0.3) is 5.91 Å². The molecular formula is C38H40ClN5O8. The average Bonchev–Trinajstić information content (AvgIpc) is 3.08. The number of anilines is 2. The number of hydrogen-bond acceptors (Lipinski definition) is 11. The summed E-state index contributed by atoms with van der Waals surface area (Å²) < 4.78 is 0. The third-order valence-electron chi connectivity index (χ3n) is 10.2. The summed E-state index contributed by atoms with van der Waals surface area (Å²) in [5, 5.41) is 52.5. The van der Waals surface area contributed by atoms with E-state index in [0.29, 0.717) is 23.4 Å². The SMILES string of the molecule is CN(C)c1c(Cl)c(NC(=O)C(NCc2ccccc2)c2ccccc2)c(O)c2c1CC1CC3[C@H](N(C)C)C(O)=C(C(N)=O)C(=O)[C@@]3(O)C(O)=C1C2=O. The van der Waals surface area contributed by atoms with E-state index in [9.17, 15) is 39.6 Å². The number of rotatable bonds is 9. The largest absolute Gasteiger partial charge is 0.510 e. The molecule has 0 heterocycles. The summed E-state index contributed by atoms with van der Waals surface area (Å²) in [6.45, 7) is 0.329. The lowest BCUT2D eigenvalue weighted by molar-refractivity contribution is -0.148. The van der Waals surface area contributed by atoms with E-state index in [1.807, 2.05) is 36.4 Å². The predicted molar refractivity (Wildman–Crippen MR) is 194 cm³/mol. The van der Waals surface area contributed by atoms with Crippen LogP contribution in [0.3, 0.4) is 0 Å². The number of carbonyl (C=O) groups is 4. The molecule has 0 saturated heterocycles. The molecule has 0 spiro atoms. The first kappa shape index (κ1) is 36.6. The maximum absolute atomic E-state index is 14.5. The monoisotopic (exact) mass is 729 g/mol. The fraction of sp³-hybridized carbons (Fsp3) is 0.316. The second-order valence-corrected chi connectivity index (χ2v) is 14.2. The Bertz CT molecular complexity index is 2050. The molecule has 5 atom stereocenters. The number of phenolic OH excluding ortho intramolecular Hbond substituents is 1. The highest BCUT2D eigenvalue weighted by atomic mass is 35.5. The van der Waals surface area contributed by atoms with Gasteiger partial charge in [-0.1, -0.05) is 72.3 Å². The van der Waals surface area contributed by atoms with Gasteiger partial charge in [-0.3, -0.25) is 29.4 Å². The third-order valence-corrected chi connectivity index (χ3v) is 10.6. The van der Waals surface area contributed by atoms with E-state index < -0.39 is 75.7 Å². The molecule has 3 unspecified atom stereocenters. The molecule has 0 saturated carbocycles. The predicted octanol–water partition coefficient (Wildman–Crippen LogP) is 3.31. The van der Waals surface area contributed by atoms with Crippen molar-refractivity contribution in [3.8, 4) is 5.75 Å². The molecule has 6 rings (SSSR count). The number of nitrogens with one attached hydrogen (secondary N) is 2. The van der Waals surface area contributed by atoms with Gasteiger partial charge in [-0.05, 0) is 49.5 Å². The van der Waals surface area contributed by atoms with Crippen molar-refractivity contribution in [3.63, 3.8) is 0 Å². The Morgan fingerprint density at radius 2 is 1.62 bits per heavy atom. The molecule has 13 nitrogen and oxygen atoms in total. The lowest BCUT2D eigenvalue weighted by atomic mass is 9.58. The van der Waals surface area contributed by atoms with Crippen LogP contribution in [0.25, 0.3) is 0 Å². The highest BCUT2D eigenvalue weighted by molar-refractivity contribution is 6.38. The lowest BCUT2D eigenvalue weighted by Crippen LogP contribution is -2.63. The van der Waals surface area contributed by atoms with E-state index in [4.69, 9.17) is 17.3 Å². The molecule has 272 valence electrons. The fourth-order valence-electron chi connectivity index (χ4n) is 7.93. The molecular weight excluding hydrogens is 690 g/mol. The van der Waals surface area contributed by atoms with Gasteiger partial charge in [-0.15, -0.1) is 0 Å². The van der Waals surface area contributed by atoms with Gasteiger partial charge in [0.2, 0.25) is 11.7 Å². The average molecular weight is 730 g/mol. The zero-order chi connectivity index (χ0) is 37.8. The van der Waals surface area contributed by atoms with Crippen LogP contribution < -0.4 is 21.3 Å². The van der Waals surface area contributed by atoms with Crippen molar-refractivity contribution >= 4 is 46.4 Å². The minimum Gasteiger partial charge on any atom is -0.510 e. The summed E-state index contributed by atoms with van der Waals surface area (Å²) in [6.07, 6.45) is -0.0594. The van der Waals surface area contributed by atoms with Gasteiger partial charge < -0.3 is 36.4 Å². The van der Waals surface area contributed by atoms with Crippen LogP contribution in [0.1, 0.15) is 39.5 Å². The van der Waals surface area contributed by atoms with E-state index in [0.717, 1.165) is 5.56 Å². The Morgan fingerprint density at radius 1 is 1.00 bits per heavy atom. The number of primary amides is 1. The smallest absolute Gasteiger partial charge is 0.255 e. The number of nitrogens with zero attached hydrogens (tertiary/aromatic N) is 2. The van der Waals surface area contributed by atoms with E-state index >= 15 is 0 Å². The zero-order valence-electron chi connectivity index (χ0n) is 29.0. The van der Waals surface area contributed by atoms with Crippen LogP contribution in [0.2, 0.25) is 5.02 Å². The van der Waals surface area contributed by atoms with Gasteiger partial charge in [0.05, 0.1) is 22.3 Å². The van der Waals surface area contributed by atoms with Gasteiger partial charge >= 0.3 is 0 Å². The Hall–Kier alpha value is -5.21. The van der Waals surface area contributed by atoms with E-state index in [-0.39, 0.29) is 34.7 Å². The number of aliphatic hydroxyl groups excluding tert-OH is 2. The molecule has 52 heavy (non-hydrogen) atoms. The maximum Gasteiger partial charge on any atom is 0.255 e. The van der Waals surface area contributed by atoms with Gasteiger partial charge in [0.15, 0.2) is 17.1 Å². The Labute approximate surface area is 305 Å². The molecule has 0 aliphatic heterocycles. The molecule has 0 bridgehead atoms. The summed E-state index contributed by atoms with van der Waals surface area (Å²) in [4.78, 5) is 57.7. The van der Waals surface area contributed by atoms with Crippen molar-refractivity contribution in [1.82, 2.24) is 10.2 Å². The first-order chi connectivity index (χ1) is 24.6. The standard InChI is InChI=1S/C38H40ClN5O8/c1-43(2)29-21-15-20-16-22-30(44(3)4)33(47)25(36(40)50)35(49)38(22,52)34(48)23(20)31(45)24(21)32(46)28(26(29)39)42-37(51)27(19-13-9-6-10-14-19)41-17-18-11-7-5-8-12-18/h5-14,20,22,27,30,41,46-48,52H,15-17H2,1-4H3,(H2,40,50)(H,42,51)/t20?,22?,27?,30-,38-/m0/s1. The van der Waals surface area contributed by atoms with Crippen LogP contribution in [0.4, 0.5) is 11.4 Å². The summed E-state index contributed by atoms with van der Waals surface area (Å²) in [5.41, 5.74) is 3.10. The number of benzene rings is 3. The number of Topliss-reactive ketones (excluding diaryl/α,β-unsaturated/α-hetero) is 2. The second kappa shape index (κ2) is 13.7. The summed E-state index contributed by atoms with van der Waals surface area (Å²) >= 11 is 6.96. The first-order valence-corrected chi connectivity index (χ1v) is 17.0. The molecule has 3 aliphatic carbocycles. The molecule has 8 N–H and O–H groups in total. The van der Waals surface area contributed by atoms with Crippen molar-refractivity contribution in [2.24, 2.45) is 17.6 Å². The number of likely N-dealkylation sites (N-methyl/N-ethyl adjacent to an activating group) is 1. The number of aromatic hydroxyl groups is 1. The number of ketones is 2. The van der Waals surface area contributed by atoms with E-state index in [1.54, 1.807) is 57.4 Å². The minimum absolute atomic E-state index is 0.0226. The number of phenols is 1. The fourth-order valence-corrected chi connectivity index (χ4v) is 8.35. The molecule has 2 amide bonds. The van der Waals surface area contributed by atoms with Gasteiger partial charge in [-0.2, -0.15) is 0 Å². The molecule has 14 heteroatoms. The minimum atomic E-state index is -2.79. The van der Waals surface area contributed by atoms with Crippen molar-refractivity contribution < 1.29 is 39.6 Å². The third kappa shape index (κ3) is 5.79. The normalized spacial score (nSPS) is 23.2. The Kier molecular flexibility index (Phi) is 9.66. The van der Waals surface area contributed by atoms with Crippen LogP contribution in [0.15, 0.2) is 83.3 Å². The first-order valence-electron chi connectivity index (χ1n) is 16.6. The number of amides is 2. The van der Waals surface area contributed by atoms with Crippen molar-refractivity contribution in [3.05, 3.63) is 111 Å². The summed E-state index contributed by atoms with van der Waals surface area (Å²) in [6, 6.07) is 16.3. The molecule has 3 aliphatic rings. The Morgan fingerprint density at radius 3 is 2.19 bits per heavy atom. The van der Waals surface area contributed by atoms with Crippen LogP contribution in [0.5, 0.6) is 5.75 Å². The highest BCUT2D eigenvalue weighted by Crippen LogP contribution is 2.55. The quantitative estimate of drug-likeness (QED) is 0.126. The number of halogens is 1. The molecule has 0 radical (unpaired) electrons. The van der Waals surface area contributed by atoms with Crippen LogP contribution in [-0.4, -0.2) is 88.5 Å². The second-order valence-electron chi connectivity index (χ2n) is 13.8. The maximum atomic E-state index is 14.5. The van der Waals surface area contributed by atoms with Crippen molar-refractivity contribution in [2.75, 3.05) is 38.4 Å². The van der Waals surface area contributed by atoms with Crippen LogP contribution in [-0.2, 0) is 27.3 Å². The Balaban J connectivity index is 1.45. The highest BCUT2D eigenvalue weighted by Gasteiger charge is 2.63. The van der Waals surface area contributed by atoms with E-state index in [1.165, 1.54) is 4.90 Å². The summed E-state index contributed by atoms with van der Waals surface area (Å²) in [7, 11) is 6.48. The molecule has 3 aromatic carbocycles. The number of aliphatic hydroxyl groups is 3. The summed E-state index contributed by atoms with van der Waals surface area (Å²) in [5.74, 6) is -8.42. The van der Waals surface area contributed by atoms with Crippen LogP contribution >= 0.6 is 11.6 Å². The van der Waals surface area contributed by atoms with Crippen molar-refractivity contribution in [1.29, 1.82) is 0 Å². The number of fused-ring (bicyclic) bond motifs is 3. The number of allylic oxidation sites excluding steroid dienone is 1. The molecule has 3 aromatic rings. The lowest BCUT2D eigenvalue weighted by Gasteiger charge is -2.50. The topological polar surface area (TPSA) is 206 Å². The van der Waals surface area contributed by atoms with Gasteiger partial charge in [0.1, 0.15) is 28.8 Å². The van der Waals surface area contributed by atoms with E-state index in [2.05, 4.69) is 10.6 Å².